The number of hydrogen-bond donors (Lipinski definition) is 0. The van der Waals surface area contributed by atoms with E-state index < -0.39 is 34.4 Å². The smallest absolute Gasteiger partial charge is 0.205 e. The number of hydrogen-bond acceptors (Lipinski definition) is 5. The van der Waals surface area contributed by atoms with Crippen molar-refractivity contribution in [1.29, 1.82) is 0 Å². The van der Waals surface area contributed by atoms with Gasteiger partial charge in [-0.15, -0.1) is 0 Å². The van der Waals surface area contributed by atoms with E-state index in [1.165, 1.54) is 0 Å². The van der Waals surface area contributed by atoms with Crippen molar-refractivity contribution in [2.24, 2.45) is 11.8 Å². The number of carbonyl (C=O) groups excluding carboxylic acids is 1. The molecule has 4 unspecified atom stereocenters. The van der Waals surface area contributed by atoms with Gasteiger partial charge in [-0.25, -0.2) is 0 Å². The van der Waals surface area contributed by atoms with Crippen LogP contribution in [0.5, 0.6) is 0 Å². The van der Waals surface area contributed by atoms with Crippen LogP contribution in [0.15, 0.2) is 48.5 Å². The minimum atomic E-state index is -1.66. The molecule has 0 radical (unpaired) electrons. The number of ketones is 1. The molecular formula is C25H36O5P2. The highest BCUT2D eigenvalue weighted by Gasteiger charge is 2.49. The van der Waals surface area contributed by atoms with Crippen LogP contribution in [-0.4, -0.2) is 5.78 Å². The summed E-state index contributed by atoms with van der Waals surface area (Å²) in [5.74, 6) is 0.572. The molecule has 0 spiro atoms. The average Bonchev–Trinajstić information content (AvgIpc) is 2.73. The molecule has 0 aromatic heterocycles. The van der Waals surface area contributed by atoms with E-state index in [0.29, 0.717) is 23.0 Å². The molecule has 4 atom stereocenters. The number of benzene rings is 2. The highest BCUT2D eigenvalue weighted by molar-refractivity contribution is 7.17. The third-order valence-electron chi connectivity index (χ3n) is 5.73. The van der Waals surface area contributed by atoms with Gasteiger partial charge < -0.3 is 9.05 Å². The molecule has 0 saturated carbocycles. The predicted molar refractivity (Wildman–Crippen MR) is 133 cm³/mol. The lowest BCUT2D eigenvalue weighted by atomic mass is 9.79. The first-order valence-corrected chi connectivity index (χ1v) is 12.9. The Morgan fingerprint density at radius 1 is 0.719 bits per heavy atom. The van der Waals surface area contributed by atoms with Crippen molar-refractivity contribution in [1.82, 2.24) is 0 Å². The van der Waals surface area contributed by atoms with E-state index in [1.807, 2.05) is 48.5 Å². The molecule has 2 aromatic rings. The van der Waals surface area contributed by atoms with E-state index in [1.54, 1.807) is 13.8 Å². The van der Waals surface area contributed by atoms with Crippen LogP contribution in [0, 0.1) is 11.8 Å². The van der Waals surface area contributed by atoms with Crippen molar-refractivity contribution in [3.8, 4) is 0 Å². The summed E-state index contributed by atoms with van der Waals surface area (Å²) in [6, 6.07) is 15.2. The fourth-order valence-corrected chi connectivity index (χ4v) is 4.88. The lowest BCUT2D eigenvalue weighted by Gasteiger charge is -2.36. The second kappa shape index (κ2) is 11.6. The van der Waals surface area contributed by atoms with Gasteiger partial charge in [0.1, 0.15) is 0 Å². The zero-order valence-corrected chi connectivity index (χ0v) is 22.2. The third-order valence-corrected chi connectivity index (χ3v) is 6.87. The van der Waals surface area contributed by atoms with Crippen LogP contribution in [0.25, 0.3) is 0 Å². The van der Waals surface area contributed by atoms with Crippen LogP contribution in [-0.2, 0) is 47.0 Å². The number of carbonyl (C=O) groups is 1. The monoisotopic (exact) mass is 478 g/mol. The summed E-state index contributed by atoms with van der Waals surface area (Å²) < 4.78 is 34.4. The van der Waals surface area contributed by atoms with Crippen LogP contribution >= 0.6 is 17.4 Å². The average molecular weight is 479 g/mol. The van der Waals surface area contributed by atoms with Gasteiger partial charge in [-0.2, -0.15) is 0 Å². The normalized spacial score (nSPS) is 16.2. The summed E-state index contributed by atoms with van der Waals surface area (Å²) >= 11 is 0. The lowest BCUT2D eigenvalue weighted by Crippen LogP contribution is -2.47. The topological polar surface area (TPSA) is 69.7 Å². The van der Waals surface area contributed by atoms with Gasteiger partial charge in [0.2, 0.25) is 5.78 Å². The molecule has 2 aromatic carbocycles. The van der Waals surface area contributed by atoms with Gasteiger partial charge in [0, 0.05) is 0 Å². The summed E-state index contributed by atoms with van der Waals surface area (Å²) in [5.41, 5.74) is 0.463. The number of Topliss-reactive ketones (excluding diaryl/α,β-unsaturated/α-hetero) is 1. The maximum absolute atomic E-state index is 13.9. The van der Waals surface area contributed by atoms with Crippen molar-refractivity contribution in [3.63, 3.8) is 0 Å². The van der Waals surface area contributed by atoms with E-state index in [-0.39, 0.29) is 0 Å². The van der Waals surface area contributed by atoms with Gasteiger partial charge in [-0.1, -0.05) is 76.2 Å². The number of rotatable bonds is 12. The molecule has 0 saturated heterocycles. The van der Waals surface area contributed by atoms with Gasteiger partial charge in [0.15, 0.2) is 28.6 Å². The Labute approximate surface area is 194 Å². The molecule has 7 heteroatoms. The molecule has 0 N–H and O–H groups in total. The second-order valence-electron chi connectivity index (χ2n) is 9.41. The molecule has 2 rings (SSSR count). The highest BCUT2D eigenvalue weighted by Crippen LogP contribution is 2.41. The predicted octanol–water partition coefficient (Wildman–Crippen LogP) is 6.16. The highest BCUT2D eigenvalue weighted by atomic mass is 31.1. The molecule has 0 aliphatic heterocycles. The minimum absolute atomic E-state index is 0.440. The zero-order chi connectivity index (χ0) is 23.9. The Morgan fingerprint density at radius 3 is 1.28 bits per heavy atom. The summed E-state index contributed by atoms with van der Waals surface area (Å²) in [4.78, 5) is 13.9. The van der Waals surface area contributed by atoms with Gasteiger partial charge in [-0.05, 0) is 60.8 Å². The quantitative estimate of drug-likeness (QED) is 0.342. The van der Waals surface area contributed by atoms with E-state index in [2.05, 4.69) is 27.7 Å². The Balaban J connectivity index is 2.48. The van der Waals surface area contributed by atoms with E-state index in [4.69, 9.17) is 9.05 Å². The molecule has 0 heterocycles. The van der Waals surface area contributed by atoms with Crippen molar-refractivity contribution < 1.29 is 23.0 Å². The van der Waals surface area contributed by atoms with Crippen LogP contribution in [0.2, 0.25) is 0 Å². The molecule has 0 bridgehead atoms. The van der Waals surface area contributed by atoms with Crippen LogP contribution in [0.1, 0.15) is 63.8 Å². The Bertz CT molecular complexity index is 849. The standard InChI is InChI=1S/C25H36O5P2/c1-17(2)15-19-7-11-21(12-8-19)24(5,29-31-27)23(26)25(6,30-32-28)22-13-9-20(10-14-22)16-18(3)4/h7-14,17-18H,15-16,31-32H2,1-6H3. The third kappa shape index (κ3) is 6.29. The Morgan fingerprint density at radius 2 is 1.03 bits per heavy atom. The minimum Gasteiger partial charge on any atom is -0.313 e. The summed E-state index contributed by atoms with van der Waals surface area (Å²) in [7, 11) is -3.32. The van der Waals surface area contributed by atoms with Crippen molar-refractivity contribution >= 4 is 23.2 Å². The summed E-state index contributed by atoms with van der Waals surface area (Å²) in [5, 5.41) is 0. The largest absolute Gasteiger partial charge is 0.313 e. The Hall–Kier alpha value is -1.51. The van der Waals surface area contributed by atoms with Crippen molar-refractivity contribution in [3.05, 3.63) is 70.8 Å². The second-order valence-corrected chi connectivity index (χ2v) is 10.3. The molecule has 0 aliphatic carbocycles. The maximum Gasteiger partial charge on any atom is 0.205 e. The van der Waals surface area contributed by atoms with Gasteiger partial charge in [-0.3, -0.25) is 13.9 Å². The van der Waals surface area contributed by atoms with Crippen LogP contribution in [0.4, 0.5) is 0 Å². The van der Waals surface area contributed by atoms with Crippen molar-refractivity contribution in [2.75, 3.05) is 0 Å². The maximum atomic E-state index is 13.9. The summed E-state index contributed by atoms with van der Waals surface area (Å²) in [6.07, 6.45) is 1.84. The first-order valence-electron chi connectivity index (χ1n) is 11.0. The van der Waals surface area contributed by atoms with Crippen LogP contribution in [0.3, 0.4) is 0 Å². The first kappa shape index (κ1) is 26.7. The molecular weight excluding hydrogens is 442 g/mol. The molecule has 0 amide bonds. The van der Waals surface area contributed by atoms with Gasteiger partial charge in [0.05, 0.1) is 0 Å². The van der Waals surface area contributed by atoms with Gasteiger partial charge >= 0.3 is 0 Å². The van der Waals surface area contributed by atoms with Crippen molar-refractivity contribution in [2.45, 2.75) is 65.6 Å². The SMILES string of the molecule is CC(C)Cc1ccc(C(C)(O[PH2]=O)C(=O)C(C)(O[PH2]=O)c2ccc(CC(C)C)cc2)cc1. The fraction of sp³-hybridized carbons (Fsp3) is 0.480. The van der Waals surface area contributed by atoms with Crippen LogP contribution < -0.4 is 0 Å². The Kier molecular flexibility index (Phi) is 9.67. The van der Waals surface area contributed by atoms with E-state index in [9.17, 15) is 13.9 Å². The molecule has 32 heavy (non-hydrogen) atoms. The van der Waals surface area contributed by atoms with E-state index in [0.717, 1.165) is 24.0 Å². The zero-order valence-electron chi connectivity index (χ0n) is 19.9. The lowest BCUT2D eigenvalue weighted by molar-refractivity contribution is -0.149. The van der Waals surface area contributed by atoms with Gasteiger partial charge in [0.25, 0.3) is 0 Å². The summed E-state index contributed by atoms with van der Waals surface area (Å²) in [6.45, 7) is 11.8. The molecule has 5 nitrogen and oxygen atoms in total. The fourth-order valence-electron chi connectivity index (χ4n) is 4.01. The molecule has 176 valence electrons. The molecule has 0 aliphatic rings. The molecule has 0 fully saturated rings. The first-order chi connectivity index (χ1) is 15.1. The van der Waals surface area contributed by atoms with E-state index >= 15 is 0 Å².